The molecule has 2 heterocycles. The molecule has 0 fully saturated rings. The Labute approximate surface area is 190 Å². The summed E-state index contributed by atoms with van der Waals surface area (Å²) in [5, 5.41) is 12.1. The first kappa shape index (κ1) is 21.6. The van der Waals surface area contributed by atoms with Gasteiger partial charge in [-0.2, -0.15) is 10.1 Å². The molecule has 0 bridgehead atoms. The number of rotatable bonds is 6. The van der Waals surface area contributed by atoms with Gasteiger partial charge in [0.2, 0.25) is 11.7 Å². The highest BCUT2D eigenvalue weighted by Crippen LogP contribution is 2.35. The number of benzene rings is 2. The predicted molar refractivity (Wildman–Crippen MR) is 126 cm³/mol. The van der Waals surface area contributed by atoms with E-state index in [9.17, 15) is 4.79 Å². The lowest BCUT2D eigenvalue weighted by Gasteiger charge is -2.11. The van der Waals surface area contributed by atoms with Gasteiger partial charge in [-0.05, 0) is 50.3 Å². The normalized spacial score (nSPS) is 11.0. The second kappa shape index (κ2) is 8.88. The van der Waals surface area contributed by atoms with Crippen molar-refractivity contribution in [1.29, 1.82) is 0 Å². The number of aryl methyl sites for hydroxylation is 2. The minimum Gasteiger partial charge on any atom is -0.383 e. The lowest BCUT2D eigenvalue weighted by molar-refractivity contribution is -0.116. The van der Waals surface area contributed by atoms with Gasteiger partial charge in [-0.1, -0.05) is 41.1 Å². The van der Waals surface area contributed by atoms with E-state index in [0.29, 0.717) is 22.2 Å². The molecule has 0 saturated carbocycles. The first-order valence-electron chi connectivity index (χ1n) is 10.0. The van der Waals surface area contributed by atoms with Gasteiger partial charge in [0.05, 0.1) is 0 Å². The molecule has 0 aliphatic heterocycles. The van der Waals surface area contributed by atoms with Crippen molar-refractivity contribution in [3.8, 4) is 22.8 Å². The van der Waals surface area contributed by atoms with Crippen LogP contribution >= 0.6 is 11.8 Å². The Kier molecular flexibility index (Phi) is 6.00. The van der Waals surface area contributed by atoms with Gasteiger partial charge in [0, 0.05) is 11.3 Å². The summed E-state index contributed by atoms with van der Waals surface area (Å²) < 4.78 is 6.96. The van der Waals surface area contributed by atoms with Crippen molar-refractivity contribution in [2.75, 3.05) is 17.3 Å². The standard InChI is InChI=1S/C23H24N6O2S/c1-13-7-5-9-16(11-13)21-26-22(31-28-21)19-20(24)29(27-23(19)32-4)12-18(30)25-17-10-6-8-14(2)15(17)3/h5-11H,12,24H2,1-4H3,(H,25,30). The molecular formula is C23H24N6O2S. The summed E-state index contributed by atoms with van der Waals surface area (Å²) >= 11 is 1.40. The first-order chi connectivity index (χ1) is 15.4. The van der Waals surface area contributed by atoms with Crippen LogP contribution in [0.1, 0.15) is 16.7 Å². The largest absolute Gasteiger partial charge is 0.383 e. The summed E-state index contributed by atoms with van der Waals surface area (Å²) in [6, 6.07) is 13.6. The molecule has 0 unspecified atom stereocenters. The lowest BCUT2D eigenvalue weighted by Crippen LogP contribution is -2.21. The number of thioether (sulfide) groups is 1. The zero-order chi connectivity index (χ0) is 22.8. The van der Waals surface area contributed by atoms with Gasteiger partial charge < -0.3 is 15.6 Å². The van der Waals surface area contributed by atoms with Crippen LogP contribution in [0.5, 0.6) is 0 Å². The average Bonchev–Trinajstić information content (AvgIpc) is 3.36. The molecule has 0 spiro atoms. The van der Waals surface area contributed by atoms with E-state index in [1.165, 1.54) is 16.4 Å². The SMILES string of the molecule is CSc1nn(CC(=O)Nc2cccc(C)c2C)c(N)c1-c1nc(-c2cccc(C)c2)no1. The van der Waals surface area contributed by atoms with Crippen LogP contribution in [-0.4, -0.2) is 32.1 Å². The van der Waals surface area contributed by atoms with Crippen molar-refractivity contribution in [2.45, 2.75) is 32.3 Å². The minimum absolute atomic E-state index is 0.0361. The zero-order valence-electron chi connectivity index (χ0n) is 18.3. The number of carbonyl (C=O) groups excluding carboxylic acids is 1. The number of nitrogen functional groups attached to an aromatic ring is 1. The summed E-state index contributed by atoms with van der Waals surface area (Å²) in [6.07, 6.45) is 1.88. The van der Waals surface area contributed by atoms with Crippen LogP contribution in [0, 0.1) is 20.8 Å². The van der Waals surface area contributed by atoms with Gasteiger partial charge >= 0.3 is 0 Å². The third-order valence-corrected chi connectivity index (χ3v) is 5.91. The fourth-order valence-electron chi connectivity index (χ4n) is 3.36. The highest BCUT2D eigenvalue weighted by Gasteiger charge is 2.24. The van der Waals surface area contributed by atoms with Crippen LogP contribution in [0.15, 0.2) is 52.0 Å². The molecule has 8 nitrogen and oxygen atoms in total. The molecule has 4 aromatic rings. The fourth-order valence-corrected chi connectivity index (χ4v) is 3.93. The third-order valence-electron chi connectivity index (χ3n) is 5.24. The van der Waals surface area contributed by atoms with E-state index >= 15 is 0 Å². The Morgan fingerprint density at radius 1 is 1.19 bits per heavy atom. The molecule has 0 saturated heterocycles. The van der Waals surface area contributed by atoms with Gasteiger partial charge in [-0.25, -0.2) is 4.68 Å². The quantitative estimate of drug-likeness (QED) is 0.419. The average molecular weight is 449 g/mol. The molecule has 2 aromatic heterocycles. The monoisotopic (exact) mass is 448 g/mol. The molecule has 0 aliphatic carbocycles. The topological polar surface area (TPSA) is 112 Å². The summed E-state index contributed by atoms with van der Waals surface area (Å²) in [7, 11) is 0. The Hall–Kier alpha value is -3.59. The number of carbonyl (C=O) groups is 1. The van der Waals surface area contributed by atoms with Crippen LogP contribution in [0.4, 0.5) is 11.5 Å². The summed E-state index contributed by atoms with van der Waals surface area (Å²) in [5.74, 6) is 0.808. The van der Waals surface area contributed by atoms with Crippen LogP contribution in [0.25, 0.3) is 22.8 Å². The van der Waals surface area contributed by atoms with Crippen LogP contribution in [0.2, 0.25) is 0 Å². The van der Waals surface area contributed by atoms with Crippen molar-refractivity contribution in [1.82, 2.24) is 19.9 Å². The van der Waals surface area contributed by atoms with E-state index in [1.54, 1.807) is 0 Å². The molecule has 32 heavy (non-hydrogen) atoms. The van der Waals surface area contributed by atoms with E-state index in [-0.39, 0.29) is 18.3 Å². The fraction of sp³-hybridized carbons (Fsp3) is 0.217. The molecular weight excluding hydrogens is 424 g/mol. The first-order valence-corrected chi connectivity index (χ1v) is 11.3. The van der Waals surface area contributed by atoms with Crippen molar-refractivity contribution in [2.24, 2.45) is 0 Å². The number of hydrogen-bond donors (Lipinski definition) is 2. The molecule has 2 aromatic carbocycles. The van der Waals surface area contributed by atoms with Gasteiger partial charge in [-0.15, -0.1) is 11.8 Å². The van der Waals surface area contributed by atoms with Crippen molar-refractivity contribution in [3.05, 3.63) is 59.2 Å². The molecule has 4 rings (SSSR count). The molecule has 164 valence electrons. The summed E-state index contributed by atoms with van der Waals surface area (Å²) in [5.41, 5.74) is 11.7. The number of hydrogen-bond acceptors (Lipinski definition) is 7. The van der Waals surface area contributed by atoms with Crippen molar-refractivity contribution < 1.29 is 9.32 Å². The minimum atomic E-state index is -0.224. The number of nitrogens with two attached hydrogens (primary N) is 1. The highest BCUT2D eigenvalue weighted by atomic mass is 32.2. The van der Waals surface area contributed by atoms with E-state index in [4.69, 9.17) is 10.3 Å². The van der Waals surface area contributed by atoms with E-state index < -0.39 is 0 Å². The van der Waals surface area contributed by atoms with Gasteiger partial charge in [0.25, 0.3) is 5.89 Å². The Bertz CT molecular complexity index is 1290. The maximum Gasteiger partial charge on any atom is 0.264 e. The number of anilines is 2. The summed E-state index contributed by atoms with van der Waals surface area (Å²) in [4.78, 5) is 17.2. The summed E-state index contributed by atoms with van der Waals surface area (Å²) in [6.45, 7) is 5.94. The lowest BCUT2D eigenvalue weighted by atomic mass is 10.1. The van der Waals surface area contributed by atoms with Gasteiger partial charge in [0.1, 0.15) is 23.0 Å². The second-order valence-electron chi connectivity index (χ2n) is 7.52. The predicted octanol–water partition coefficient (Wildman–Crippen LogP) is 4.47. The molecule has 0 radical (unpaired) electrons. The molecule has 3 N–H and O–H groups in total. The van der Waals surface area contributed by atoms with Crippen LogP contribution in [0.3, 0.4) is 0 Å². The van der Waals surface area contributed by atoms with E-state index in [2.05, 4.69) is 20.6 Å². The Morgan fingerprint density at radius 2 is 1.97 bits per heavy atom. The third kappa shape index (κ3) is 4.24. The van der Waals surface area contributed by atoms with Crippen molar-refractivity contribution >= 4 is 29.2 Å². The maximum atomic E-state index is 12.7. The van der Waals surface area contributed by atoms with Crippen molar-refractivity contribution in [3.63, 3.8) is 0 Å². The number of nitrogens with one attached hydrogen (secondary N) is 1. The molecule has 0 atom stereocenters. The Balaban J connectivity index is 1.60. The van der Waals surface area contributed by atoms with Crippen LogP contribution in [-0.2, 0) is 11.3 Å². The number of nitrogens with zero attached hydrogens (tertiary/aromatic N) is 4. The smallest absolute Gasteiger partial charge is 0.264 e. The highest BCUT2D eigenvalue weighted by molar-refractivity contribution is 7.98. The van der Waals surface area contributed by atoms with Crippen LogP contribution < -0.4 is 11.1 Å². The second-order valence-corrected chi connectivity index (χ2v) is 8.31. The molecule has 9 heteroatoms. The zero-order valence-corrected chi connectivity index (χ0v) is 19.2. The maximum absolute atomic E-state index is 12.7. The van der Waals surface area contributed by atoms with E-state index in [1.807, 2.05) is 69.5 Å². The van der Waals surface area contributed by atoms with E-state index in [0.717, 1.165) is 27.9 Å². The van der Waals surface area contributed by atoms with Gasteiger partial charge in [-0.3, -0.25) is 4.79 Å². The Morgan fingerprint density at radius 3 is 2.72 bits per heavy atom. The molecule has 1 amide bonds. The number of amides is 1. The number of aromatic nitrogens is 4. The van der Waals surface area contributed by atoms with Gasteiger partial charge in [0.15, 0.2) is 0 Å². The molecule has 0 aliphatic rings.